The Balaban J connectivity index is 1.69. The minimum atomic E-state index is -3.75. The van der Waals surface area contributed by atoms with Crippen molar-refractivity contribution in [2.45, 2.75) is 24.0 Å². The zero-order chi connectivity index (χ0) is 19.2. The van der Waals surface area contributed by atoms with Crippen LogP contribution in [0.25, 0.3) is 11.1 Å². The van der Waals surface area contributed by atoms with Crippen LogP contribution in [0.3, 0.4) is 0 Å². The Hall–Kier alpha value is -2.42. The zero-order valence-corrected chi connectivity index (χ0v) is 15.8. The molecule has 2 aromatic carbocycles. The van der Waals surface area contributed by atoms with E-state index in [4.69, 9.17) is 9.15 Å². The van der Waals surface area contributed by atoms with Crippen LogP contribution in [0.1, 0.15) is 18.6 Å². The predicted molar refractivity (Wildman–Crippen MR) is 99.9 cm³/mol. The van der Waals surface area contributed by atoms with Crippen molar-refractivity contribution in [1.82, 2.24) is 8.87 Å². The average molecular weight is 388 g/mol. The van der Waals surface area contributed by atoms with Crippen LogP contribution in [-0.2, 0) is 21.8 Å². The molecule has 0 radical (unpaired) electrons. The van der Waals surface area contributed by atoms with Gasteiger partial charge in [-0.05, 0) is 24.6 Å². The molecule has 2 atom stereocenters. The second kappa shape index (κ2) is 6.63. The summed E-state index contributed by atoms with van der Waals surface area (Å²) in [5.41, 5.74) is 1.75. The Kier molecular flexibility index (Phi) is 4.41. The zero-order valence-electron chi connectivity index (χ0n) is 15.0. The van der Waals surface area contributed by atoms with Gasteiger partial charge in [-0.1, -0.05) is 30.3 Å². The summed E-state index contributed by atoms with van der Waals surface area (Å²) in [6, 6.07) is 14.1. The van der Waals surface area contributed by atoms with Crippen molar-refractivity contribution in [3.8, 4) is 0 Å². The third-order valence-electron chi connectivity index (χ3n) is 4.80. The lowest BCUT2D eigenvalue weighted by Crippen LogP contribution is -2.45. The standard InChI is InChI=1S/C19H20N2O5S/c1-13-11-21(12-18(25-13)14-6-4-3-5-7-14)27(23,24)15-8-9-16-17(10-15)26-19(22)20(16)2/h3-10,13,18H,11-12H2,1-2H3. The Labute approximate surface area is 156 Å². The van der Waals surface area contributed by atoms with Gasteiger partial charge in [0.25, 0.3) is 0 Å². The fraction of sp³-hybridized carbons (Fsp3) is 0.316. The molecule has 1 aliphatic heterocycles. The Morgan fingerprint density at radius 3 is 2.56 bits per heavy atom. The van der Waals surface area contributed by atoms with Gasteiger partial charge in [-0.15, -0.1) is 0 Å². The molecular formula is C19H20N2O5S. The van der Waals surface area contributed by atoms with E-state index in [0.717, 1.165) is 5.56 Å². The topological polar surface area (TPSA) is 81.8 Å². The average Bonchev–Trinajstić information content (AvgIpc) is 2.95. The summed E-state index contributed by atoms with van der Waals surface area (Å²) < 4.78 is 40.2. The summed E-state index contributed by atoms with van der Waals surface area (Å²) >= 11 is 0. The monoisotopic (exact) mass is 388 g/mol. The summed E-state index contributed by atoms with van der Waals surface area (Å²) in [6.07, 6.45) is -0.569. The molecule has 1 aliphatic rings. The molecular weight excluding hydrogens is 368 g/mol. The van der Waals surface area contributed by atoms with E-state index in [1.165, 1.54) is 21.0 Å². The van der Waals surface area contributed by atoms with Crippen molar-refractivity contribution in [2.24, 2.45) is 7.05 Å². The van der Waals surface area contributed by atoms with E-state index in [0.29, 0.717) is 5.52 Å². The first kappa shape index (κ1) is 18.0. The molecule has 4 rings (SSSR count). The maximum atomic E-state index is 13.2. The minimum Gasteiger partial charge on any atom is -0.408 e. The van der Waals surface area contributed by atoms with Gasteiger partial charge in [-0.25, -0.2) is 13.2 Å². The number of hydrogen-bond donors (Lipinski definition) is 0. The van der Waals surface area contributed by atoms with Gasteiger partial charge in [0.2, 0.25) is 10.0 Å². The number of fused-ring (bicyclic) bond motifs is 1. The van der Waals surface area contributed by atoms with Gasteiger partial charge < -0.3 is 9.15 Å². The van der Waals surface area contributed by atoms with Gasteiger partial charge in [0, 0.05) is 26.2 Å². The molecule has 27 heavy (non-hydrogen) atoms. The van der Waals surface area contributed by atoms with Crippen LogP contribution in [0.15, 0.2) is 62.6 Å². The quantitative estimate of drug-likeness (QED) is 0.688. The van der Waals surface area contributed by atoms with Crippen LogP contribution in [0.5, 0.6) is 0 Å². The van der Waals surface area contributed by atoms with Crippen molar-refractivity contribution >= 4 is 21.1 Å². The van der Waals surface area contributed by atoms with Gasteiger partial charge in [0.05, 0.1) is 22.6 Å². The highest BCUT2D eigenvalue weighted by molar-refractivity contribution is 7.89. The molecule has 1 saturated heterocycles. The van der Waals surface area contributed by atoms with E-state index in [1.54, 1.807) is 13.1 Å². The number of aromatic nitrogens is 1. The highest BCUT2D eigenvalue weighted by Crippen LogP contribution is 2.29. The lowest BCUT2D eigenvalue weighted by Gasteiger charge is -2.36. The van der Waals surface area contributed by atoms with Gasteiger partial charge in [-0.2, -0.15) is 4.31 Å². The number of nitrogens with zero attached hydrogens (tertiary/aromatic N) is 2. The van der Waals surface area contributed by atoms with E-state index < -0.39 is 15.8 Å². The summed E-state index contributed by atoms with van der Waals surface area (Å²) in [5, 5.41) is 0. The summed E-state index contributed by atoms with van der Waals surface area (Å²) in [7, 11) is -2.17. The third-order valence-corrected chi connectivity index (χ3v) is 6.63. The van der Waals surface area contributed by atoms with Gasteiger partial charge in [0.1, 0.15) is 0 Å². The van der Waals surface area contributed by atoms with E-state index in [9.17, 15) is 13.2 Å². The van der Waals surface area contributed by atoms with Crippen molar-refractivity contribution in [3.05, 3.63) is 64.6 Å². The minimum absolute atomic E-state index is 0.102. The molecule has 1 aromatic heterocycles. The first-order chi connectivity index (χ1) is 12.9. The molecule has 0 N–H and O–H groups in total. The molecule has 0 saturated carbocycles. The lowest BCUT2D eigenvalue weighted by molar-refractivity contribution is -0.0557. The van der Waals surface area contributed by atoms with Crippen LogP contribution in [0.4, 0.5) is 0 Å². The summed E-state index contributed by atoms with van der Waals surface area (Å²) in [5.74, 6) is -0.524. The molecule has 7 nitrogen and oxygen atoms in total. The lowest BCUT2D eigenvalue weighted by atomic mass is 10.1. The van der Waals surface area contributed by atoms with Crippen LogP contribution in [0, 0.1) is 0 Å². The Bertz CT molecular complexity index is 1130. The summed E-state index contributed by atoms with van der Waals surface area (Å²) in [6.45, 7) is 2.35. The maximum absolute atomic E-state index is 13.2. The molecule has 2 unspecified atom stereocenters. The maximum Gasteiger partial charge on any atom is 0.419 e. The Morgan fingerprint density at radius 1 is 1.07 bits per heavy atom. The van der Waals surface area contributed by atoms with Crippen molar-refractivity contribution in [2.75, 3.05) is 13.1 Å². The van der Waals surface area contributed by atoms with E-state index in [1.807, 2.05) is 37.3 Å². The fourth-order valence-corrected chi connectivity index (χ4v) is 4.92. The number of hydrogen-bond acceptors (Lipinski definition) is 5. The van der Waals surface area contributed by atoms with Crippen molar-refractivity contribution < 1.29 is 17.6 Å². The number of benzene rings is 2. The smallest absolute Gasteiger partial charge is 0.408 e. The van der Waals surface area contributed by atoms with E-state index in [-0.39, 0.29) is 35.8 Å². The number of sulfonamides is 1. The second-order valence-electron chi connectivity index (χ2n) is 6.72. The van der Waals surface area contributed by atoms with Gasteiger partial charge >= 0.3 is 5.76 Å². The first-order valence-corrected chi connectivity index (χ1v) is 10.1. The van der Waals surface area contributed by atoms with Gasteiger partial charge in [0.15, 0.2) is 5.58 Å². The molecule has 8 heteroatoms. The number of morpholine rings is 1. The highest BCUT2D eigenvalue weighted by atomic mass is 32.2. The van der Waals surface area contributed by atoms with Gasteiger partial charge in [-0.3, -0.25) is 4.57 Å². The van der Waals surface area contributed by atoms with E-state index >= 15 is 0 Å². The third kappa shape index (κ3) is 3.20. The molecule has 0 amide bonds. The largest absolute Gasteiger partial charge is 0.419 e. The summed E-state index contributed by atoms with van der Waals surface area (Å²) in [4.78, 5) is 11.8. The number of ether oxygens (including phenoxy) is 1. The van der Waals surface area contributed by atoms with Crippen molar-refractivity contribution in [3.63, 3.8) is 0 Å². The first-order valence-electron chi connectivity index (χ1n) is 8.66. The van der Waals surface area contributed by atoms with Crippen LogP contribution in [0.2, 0.25) is 0 Å². The van der Waals surface area contributed by atoms with Crippen molar-refractivity contribution in [1.29, 1.82) is 0 Å². The molecule has 2 heterocycles. The molecule has 0 spiro atoms. The van der Waals surface area contributed by atoms with Crippen LogP contribution >= 0.6 is 0 Å². The molecule has 1 fully saturated rings. The molecule has 3 aromatic rings. The predicted octanol–water partition coefficient (Wildman–Crippen LogP) is 2.28. The molecule has 142 valence electrons. The van der Waals surface area contributed by atoms with E-state index in [2.05, 4.69) is 0 Å². The normalized spacial score (nSPS) is 21.6. The highest BCUT2D eigenvalue weighted by Gasteiger charge is 2.34. The fourth-order valence-electron chi connectivity index (χ4n) is 3.38. The second-order valence-corrected chi connectivity index (χ2v) is 8.66. The molecule has 0 aliphatic carbocycles. The van der Waals surface area contributed by atoms with Crippen LogP contribution < -0.4 is 5.76 Å². The molecule has 0 bridgehead atoms. The number of aryl methyl sites for hydroxylation is 1. The SMILES string of the molecule is CC1CN(S(=O)(=O)c2ccc3c(c2)oc(=O)n3C)CC(c2ccccc2)O1. The Morgan fingerprint density at radius 2 is 1.81 bits per heavy atom. The number of rotatable bonds is 3. The number of oxazole rings is 1. The van der Waals surface area contributed by atoms with Crippen LogP contribution in [-0.4, -0.2) is 36.5 Å².